The van der Waals surface area contributed by atoms with Crippen molar-refractivity contribution >= 4 is 16.7 Å². The van der Waals surface area contributed by atoms with E-state index in [9.17, 15) is 10.1 Å². The number of hydrogen-bond donors (Lipinski definition) is 1. The minimum Gasteiger partial charge on any atom is -0.490 e. The molecule has 0 aliphatic carbocycles. The molecule has 1 N–H and O–H groups in total. The van der Waals surface area contributed by atoms with Gasteiger partial charge in [-0.3, -0.25) is 15.2 Å². The van der Waals surface area contributed by atoms with Crippen LogP contribution in [0.4, 0.5) is 5.69 Å². The molecule has 0 saturated heterocycles. The molecule has 0 bridgehead atoms. The second-order valence-corrected chi connectivity index (χ2v) is 2.61. The molecule has 0 saturated carbocycles. The summed E-state index contributed by atoms with van der Waals surface area (Å²) in [4.78, 5) is 10.1. The Bertz CT molecular complexity index is 498. The van der Waals surface area contributed by atoms with Gasteiger partial charge in [-0.2, -0.15) is 0 Å². The Morgan fingerprint density at radius 3 is 2.87 bits per heavy atom. The average Bonchev–Trinajstić information content (AvgIpc) is 2.62. The summed E-state index contributed by atoms with van der Waals surface area (Å²) in [5.74, 6) is 0.188. The van der Waals surface area contributed by atoms with Crippen molar-refractivity contribution in [3.63, 3.8) is 0 Å². The van der Waals surface area contributed by atoms with E-state index in [0.717, 1.165) is 0 Å². The minimum absolute atomic E-state index is 0. The van der Waals surface area contributed by atoms with Gasteiger partial charge < -0.3 is 4.74 Å². The smallest absolute Gasteiger partial charge is 0.313 e. The summed E-state index contributed by atoms with van der Waals surface area (Å²) < 4.78 is 4.87. The summed E-state index contributed by atoms with van der Waals surface area (Å²) in [7, 11) is 1.37. The summed E-state index contributed by atoms with van der Waals surface area (Å²) in [5.41, 5.74) is 0.929. The van der Waals surface area contributed by atoms with Crippen LogP contribution in [0.5, 0.6) is 5.75 Å². The average molecular weight is 302 g/mol. The zero-order chi connectivity index (χ0) is 10.1. The van der Waals surface area contributed by atoms with Crippen LogP contribution in [-0.4, -0.2) is 27.4 Å². The topological polar surface area (TPSA) is 93.9 Å². The number of nitrogens with zero attached hydrogens (tertiary/aromatic N) is 3. The molecule has 1 radical (unpaired) electrons. The number of nitrogens with one attached hydrogen (secondary N) is 1. The molecule has 0 unspecified atom stereocenters. The van der Waals surface area contributed by atoms with Crippen molar-refractivity contribution in [1.82, 2.24) is 15.4 Å². The number of benzene rings is 1. The number of rotatable bonds is 2. The van der Waals surface area contributed by atoms with Crippen LogP contribution in [0.1, 0.15) is 0 Å². The Morgan fingerprint density at radius 1 is 1.53 bits per heavy atom. The summed E-state index contributed by atoms with van der Waals surface area (Å²) in [6.45, 7) is 0. The van der Waals surface area contributed by atoms with Crippen LogP contribution >= 0.6 is 0 Å². The molecule has 83 valence electrons. The Hall–Kier alpha value is -1.44. The first-order chi connectivity index (χ1) is 6.72. The number of aromatic nitrogens is 3. The molecule has 0 spiro atoms. The Morgan fingerprint density at radius 2 is 2.27 bits per heavy atom. The molecular weight excluding hydrogens is 296 g/mol. The van der Waals surface area contributed by atoms with Crippen LogP contribution in [0.25, 0.3) is 11.0 Å². The monoisotopic (exact) mass is 301 g/mol. The van der Waals surface area contributed by atoms with Crippen LogP contribution in [0.2, 0.25) is 0 Å². The molecule has 0 atom stereocenters. The van der Waals surface area contributed by atoms with Crippen molar-refractivity contribution < 1.29 is 32.0 Å². The zero-order valence-corrected chi connectivity index (χ0v) is 9.00. The molecule has 7 nitrogen and oxygen atoms in total. The SMILES string of the molecule is COc1cc2[nH]nnc2cc1[N+](=O)[O-].[Ag]. The molecule has 1 aromatic carbocycles. The molecule has 2 rings (SSSR count). The van der Waals surface area contributed by atoms with E-state index in [2.05, 4.69) is 15.4 Å². The number of nitro groups is 1. The second-order valence-electron chi connectivity index (χ2n) is 2.61. The largest absolute Gasteiger partial charge is 0.490 e. The van der Waals surface area contributed by atoms with Gasteiger partial charge in [-0.1, -0.05) is 5.21 Å². The number of fused-ring (bicyclic) bond motifs is 1. The van der Waals surface area contributed by atoms with Crippen LogP contribution < -0.4 is 4.74 Å². The van der Waals surface area contributed by atoms with Crippen LogP contribution in [0.3, 0.4) is 0 Å². The third kappa shape index (κ3) is 1.99. The summed E-state index contributed by atoms with van der Waals surface area (Å²) in [6, 6.07) is 2.81. The van der Waals surface area contributed by atoms with Gasteiger partial charge in [-0.05, 0) is 0 Å². The molecular formula is C7H6AgN4O3. The van der Waals surface area contributed by atoms with E-state index in [4.69, 9.17) is 4.74 Å². The fourth-order valence-electron chi connectivity index (χ4n) is 1.17. The first-order valence-corrected chi connectivity index (χ1v) is 3.75. The van der Waals surface area contributed by atoms with E-state index in [1.807, 2.05) is 0 Å². The summed E-state index contributed by atoms with van der Waals surface area (Å²) in [6.07, 6.45) is 0. The second kappa shape index (κ2) is 4.39. The summed E-state index contributed by atoms with van der Waals surface area (Å²) >= 11 is 0. The third-order valence-corrected chi connectivity index (χ3v) is 1.82. The fourth-order valence-corrected chi connectivity index (χ4v) is 1.17. The van der Waals surface area contributed by atoms with E-state index in [0.29, 0.717) is 11.0 Å². The van der Waals surface area contributed by atoms with E-state index in [-0.39, 0.29) is 33.8 Å². The first-order valence-electron chi connectivity index (χ1n) is 3.75. The van der Waals surface area contributed by atoms with Gasteiger partial charge in [-0.15, -0.1) is 5.10 Å². The maximum Gasteiger partial charge on any atom is 0.313 e. The van der Waals surface area contributed by atoms with Crippen molar-refractivity contribution in [3.8, 4) is 5.75 Å². The maximum absolute atomic E-state index is 10.6. The quantitative estimate of drug-likeness (QED) is 0.505. The van der Waals surface area contributed by atoms with Crippen molar-refractivity contribution in [3.05, 3.63) is 22.2 Å². The van der Waals surface area contributed by atoms with Gasteiger partial charge in [0.1, 0.15) is 5.52 Å². The number of aromatic amines is 1. The number of hydrogen-bond acceptors (Lipinski definition) is 5. The Labute approximate surface area is 99.5 Å². The number of methoxy groups -OCH3 is 1. The summed E-state index contributed by atoms with van der Waals surface area (Å²) in [5, 5.41) is 20.4. The predicted molar refractivity (Wildman–Crippen MR) is 47.1 cm³/mol. The molecule has 0 fully saturated rings. The predicted octanol–water partition coefficient (Wildman–Crippen LogP) is 0.872. The van der Waals surface area contributed by atoms with E-state index in [1.165, 1.54) is 19.2 Å². The van der Waals surface area contributed by atoms with Gasteiger partial charge in [-0.25, -0.2) is 0 Å². The Kier molecular flexibility index (Phi) is 3.40. The molecule has 1 heterocycles. The normalized spacial score (nSPS) is 9.67. The minimum atomic E-state index is -0.521. The van der Waals surface area contributed by atoms with Gasteiger partial charge in [0, 0.05) is 34.5 Å². The number of ether oxygens (including phenoxy) is 1. The van der Waals surface area contributed by atoms with Gasteiger partial charge in [0.15, 0.2) is 5.75 Å². The van der Waals surface area contributed by atoms with Gasteiger partial charge >= 0.3 is 5.69 Å². The van der Waals surface area contributed by atoms with Gasteiger partial charge in [0.2, 0.25) is 0 Å². The molecule has 0 amide bonds. The molecule has 0 aliphatic rings. The Balaban J connectivity index is 0.00000112. The number of H-pyrrole nitrogens is 1. The van der Waals surface area contributed by atoms with E-state index < -0.39 is 4.92 Å². The first kappa shape index (κ1) is 11.6. The van der Waals surface area contributed by atoms with E-state index in [1.54, 1.807) is 0 Å². The van der Waals surface area contributed by atoms with Gasteiger partial charge in [0.05, 0.1) is 17.5 Å². The standard InChI is InChI=1S/C7H6N4O3.Ag/c1-14-7-3-5-4(8-10-9-5)2-6(7)11(12)13;/h2-3H,1H3,(H,8,9,10);. The van der Waals surface area contributed by atoms with Crippen molar-refractivity contribution in [2.24, 2.45) is 0 Å². The molecule has 1 aromatic heterocycles. The molecule has 0 aliphatic heterocycles. The maximum atomic E-state index is 10.6. The zero-order valence-electron chi connectivity index (χ0n) is 7.52. The molecule has 8 heteroatoms. The number of nitro benzene ring substituents is 1. The van der Waals surface area contributed by atoms with Crippen LogP contribution in [-0.2, 0) is 22.4 Å². The van der Waals surface area contributed by atoms with Gasteiger partial charge in [0.25, 0.3) is 0 Å². The fraction of sp³-hybridized carbons (Fsp3) is 0.143. The van der Waals surface area contributed by atoms with Crippen molar-refractivity contribution in [2.75, 3.05) is 7.11 Å². The van der Waals surface area contributed by atoms with E-state index >= 15 is 0 Å². The van der Waals surface area contributed by atoms with Crippen LogP contribution in [0, 0.1) is 10.1 Å². The molecule has 2 aromatic rings. The molecule has 15 heavy (non-hydrogen) atoms. The van der Waals surface area contributed by atoms with Crippen molar-refractivity contribution in [1.29, 1.82) is 0 Å². The van der Waals surface area contributed by atoms with Crippen molar-refractivity contribution in [2.45, 2.75) is 0 Å². The third-order valence-electron chi connectivity index (χ3n) is 1.82. The van der Waals surface area contributed by atoms with Crippen LogP contribution in [0.15, 0.2) is 12.1 Å².